The van der Waals surface area contributed by atoms with Crippen molar-refractivity contribution in [2.24, 2.45) is 11.3 Å². The zero-order valence-corrected chi connectivity index (χ0v) is 17.7. The minimum absolute atomic E-state index is 0.0904. The molecule has 1 saturated carbocycles. The molecule has 3 heterocycles. The van der Waals surface area contributed by atoms with E-state index in [1.165, 1.54) is 6.42 Å². The van der Waals surface area contributed by atoms with Crippen LogP contribution in [0.2, 0.25) is 0 Å². The van der Waals surface area contributed by atoms with Crippen LogP contribution in [0.5, 0.6) is 0 Å². The molecule has 1 aromatic carbocycles. The van der Waals surface area contributed by atoms with Gasteiger partial charge in [0, 0.05) is 43.9 Å². The van der Waals surface area contributed by atoms with Crippen LogP contribution in [0.3, 0.4) is 0 Å². The van der Waals surface area contributed by atoms with Gasteiger partial charge in [0.1, 0.15) is 0 Å². The SMILES string of the molecule is Cc1ccn(-c2ccc(C(=O)N3CCC4(CC3)CC4C(=O)N3CCCCC3)cc2)n1. The second-order valence-corrected chi connectivity index (χ2v) is 9.25. The largest absolute Gasteiger partial charge is 0.342 e. The Kier molecular flexibility index (Phi) is 4.88. The van der Waals surface area contributed by atoms with Crippen molar-refractivity contribution in [3.63, 3.8) is 0 Å². The summed E-state index contributed by atoms with van der Waals surface area (Å²) in [6.07, 6.45) is 8.38. The molecule has 5 rings (SSSR count). The zero-order valence-electron chi connectivity index (χ0n) is 17.7. The minimum atomic E-state index is 0.0904. The summed E-state index contributed by atoms with van der Waals surface area (Å²) in [5, 5.41) is 4.41. The van der Waals surface area contributed by atoms with E-state index in [0.29, 0.717) is 5.91 Å². The molecule has 2 aliphatic heterocycles. The van der Waals surface area contributed by atoms with E-state index in [1.54, 1.807) is 0 Å². The smallest absolute Gasteiger partial charge is 0.253 e. The Balaban J connectivity index is 1.18. The molecule has 2 aromatic rings. The standard InChI is InChI=1S/C24H30N4O2/c1-18-9-14-28(25-18)20-7-5-19(6-8-20)22(29)27-15-10-24(11-16-27)17-21(24)23(30)26-12-3-2-4-13-26/h5-9,14,21H,2-4,10-13,15-17H2,1H3. The van der Waals surface area contributed by atoms with Gasteiger partial charge in [-0.2, -0.15) is 5.10 Å². The van der Waals surface area contributed by atoms with Crippen molar-refractivity contribution in [3.8, 4) is 5.69 Å². The Morgan fingerprint density at radius 2 is 1.63 bits per heavy atom. The van der Waals surface area contributed by atoms with Gasteiger partial charge in [0.05, 0.1) is 11.4 Å². The second-order valence-electron chi connectivity index (χ2n) is 9.25. The summed E-state index contributed by atoms with van der Waals surface area (Å²) in [6, 6.07) is 9.63. The second kappa shape index (κ2) is 7.56. The average Bonchev–Trinajstić information content (AvgIpc) is 3.31. The molecule has 0 radical (unpaired) electrons. The zero-order chi connectivity index (χ0) is 20.7. The highest BCUT2D eigenvalue weighted by atomic mass is 16.2. The molecule has 1 aromatic heterocycles. The Morgan fingerprint density at radius 1 is 0.933 bits per heavy atom. The fourth-order valence-electron chi connectivity index (χ4n) is 5.24. The van der Waals surface area contributed by atoms with Crippen molar-refractivity contribution in [2.45, 2.75) is 45.4 Å². The molecular formula is C24H30N4O2. The number of aromatic nitrogens is 2. The maximum atomic E-state index is 13.0. The van der Waals surface area contributed by atoms with E-state index in [1.807, 2.05) is 53.0 Å². The molecule has 0 N–H and O–H groups in total. The molecule has 158 valence electrons. The summed E-state index contributed by atoms with van der Waals surface area (Å²) < 4.78 is 1.82. The predicted molar refractivity (Wildman–Crippen MR) is 114 cm³/mol. The molecule has 6 heteroatoms. The Morgan fingerprint density at radius 3 is 2.27 bits per heavy atom. The fourth-order valence-corrected chi connectivity index (χ4v) is 5.24. The number of carbonyl (C=O) groups is 2. The van der Waals surface area contributed by atoms with Crippen molar-refractivity contribution in [1.82, 2.24) is 19.6 Å². The van der Waals surface area contributed by atoms with Crippen LogP contribution in [-0.2, 0) is 4.79 Å². The van der Waals surface area contributed by atoms with Gasteiger partial charge in [0.15, 0.2) is 0 Å². The summed E-state index contributed by atoms with van der Waals surface area (Å²) in [4.78, 5) is 29.9. The summed E-state index contributed by atoms with van der Waals surface area (Å²) in [6.45, 7) is 5.34. The molecule has 0 bridgehead atoms. The Labute approximate surface area is 177 Å². The van der Waals surface area contributed by atoms with Gasteiger partial charge in [-0.1, -0.05) is 0 Å². The van der Waals surface area contributed by atoms with Crippen LogP contribution < -0.4 is 0 Å². The Bertz CT molecular complexity index is 934. The van der Waals surface area contributed by atoms with Gasteiger partial charge in [-0.15, -0.1) is 0 Å². The lowest BCUT2D eigenvalue weighted by Gasteiger charge is -2.34. The first-order valence-electron chi connectivity index (χ1n) is 11.3. The first-order chi connectivity index (χ1) is 14.6. The van der Waals surface area contributed by atoms with Gasteiger partial charge in [0.2, 0.25) is 5.91 Å². The van der Waals surface area contributed by atoms with Gasteiger partial charge in [-0.25, -0.2) is 4.68 Å². The van der Waals surface area contributed by atoms with Crippen LogP contribution in [0.4, 0.5) is 0 Å². The quantitative estimate of drug-likeness (QED) is 0.785. The van der Waals surface area contributed by atoms with E-state index >= 15 is 0 Å². The number of piperidine rings is 2. The van der Waals surface area contributed by atoms with Gasteiger partial charge < -0.3 is 9.80 Å². The normalized spacial score (nSPS) is 22.9. The van der Waals surface area contributed by atoms with E-state index in [2.05, 4.69) is 10.00 Å². The highest BCUT2D eigenvalue weighted by Crippen LogP contribution is 2.60. The van der Waals surface area contributed by atoms with Gasteiger partial charge in [0.25, 0.3) is 5.91 Å². The first kappa shape index (κ1) is 19.3. The van der Waals surface area contributed by atoms with Crippen LogP contribution in [0.1, 0.15) is 54.6 Å². The maximum absolute atomic E-state index is 13.0. The number of likely N-dealkylation sites (tertiary alicyclic amines) is 2. The van der Waals surface area contributed by atoms with Crippen LogP contribution >= 0.6 is 0 Å². The third-order valence-corrected chi connectivity index (χ3v) is 7.30. The van der Waals surface area contributed by atoms with Crippen molar-refractivity contribution >= 4 is 11.8 Å². The average molecular weight is 407 g/mol. The van der Waals surface area contributed by atoms with Crippen LogP contribution in [0, 0.1) is 18.3 Å². The van der Waals surface area contributed by atoms with E-state index in [4.69, 9.17) is 0 Å². The molecule has 1 unspecified atom stereocenters. The molecule has 2 amide bonds. The number of hydrogen-bond acceptors (Lipinski definition) is 3. The number of rotatable bonds is 3. The van der Waals surface area contributed by atoms with Crippen molar-refractivity contribution in [3.05, 3.63) is 47.8 Å². The van der Waals surface area contributed by atoms with Gasteiger partial charge in [-0.05, 0) is 81.2 Å². The van der Waals surface area contributed by atoms with E-state index < -0.39 is 0 Å². The number of aryl methyl sites for hydroxylation is 1. The van der Waals surface area contributed by atoms with Gasteiger partial charge >= 0.3 is 0 Å². The van der Waals surface area contributed by atoms with Crippen LogP contribution in [0.25, 0.3) is 5.69 Å². The summed E-state index contributed by atoms with van der Waals surface area (Å²) >= 11 is 0. The predicted octanol–water partition coefficient (Wildman–Crippen LogP) is 3.44. The van der Waals surface area contributed by atoms with Gasteiger partial charge in [-0.3, -0.25) is 9.59 Å². The van der Waals surface area contributed by atoms with E-state index in [9.17, 15) is 9.59 Å². The molecular weight excluding hydrogens is 376 g/mol. The monoisotopic (exact) mass is 406 g/mol. The molecule has 2 saturated heterocycles. The van der Waals surface area contributed by atoms with Crippen LogP contribution in [0.15, 0.2) is 36.5 Å². The number of hydrogen-bond donors (Lipinski definition) is 0. The van der Waals surface area contributed by atoms with Crippen molar-refractivity contribution in [1.29, 1.82) is 0 Å². The maximum Gasteiger partial charge on any atom is 0.253 e. The lowest BCUT2D eigenvalue weighted by molar-refractivity contribution is -0.134. The lowest BCUT2D eigenvalue weighted by atomic mass is 9.90. The molecule has 1 aliphatic carbocycles. The molecule has 6 nitrogen and oxygen atoms in total. The molecule has 1 atom stereocenters. The third-order valence-electron chi connectivity index (χ3n) is 7.30. The number of benzene rings is 1. The summed E-state index contributed by atoms with van der Waals surface area (Å²) in [5.74, 6) is 0.663. The number of nitrogens with zero attached hydrogens (tertiary/aromatic N) is 4. The van der Waals surface area contributed by atoms with E-state index in [0.717, 1.165) is 75.2 Å². The minimum Gasteiger partial charge on any atom is -0.342 e. The summed E-state index contributed by atoms with van der Waals surface area (Å²) in [5.41, 5.74) is 2.80. The molecule has 30 heavy (non-hydrogen) atoms. The number of carbonyl (C=O) groups excluding carboxylic acids is 2. The molecule has 3 aliphatic rings. The Hall–Kier alpha value is -2.63. The van der Waals surface area contributed by atoms with Crippen LogP contribution in [-0.4, -0.2) is 57.6 Å². The summed E-state index contributed by atoms with van der Waals surface area (Å²) in [7, 11) is 0. The highest BCUT2D eigenvalue weighted by molar-refractivity contribution is 5.94. The first-order valence-corrected chi connectivity index (χ1v) is 11.3. The highest BCUT2D eigenvalue weighted by Gasteiger charge is 2.59. The molecule has 1 spiro atoms. The third kappa shape index (κ3) is 3.53. The topological polar surface area (TPSA) is 58.4 Å². The molecule has 3 fully saturated rings. The lowest BCUT2D eigenvalue weighted by Crippen LogP contribution is -2.42. The number of amides is 2. The van der Waals surface area contributed by atoms with Crippen molar-refractivity contribution in [2.75, 3.05) is 26.2 Å². The van der Waals surface area contributed by atoms with E-state index in [-0.39, 0.29) is 17.2 Å². The van der Waals surface area contributed by atoms with Crippen molar-refractivity contribution < 1.29 is 9.59 Å². The fraction of sp³-hybridized carbons (Fsp3) is 0.542.